The summed E-state index contributed by atoms with van der Waals surface area (Å²) in [6.45, 7) is 2.01. The largest absolute Gasteiger partial charge is 0.341 e. The summed E-state index contributed by atoms with van der Waals surface area (Å²) in [5, 5.41) is 5.17. The van der Waals surface area contributed by atoms with Gasteiger partial charge >= 0.3 is 0 Å². The monoisotopic (exact) mass is 564 g/mol. The standard InChI is InChI=1S/C42H32N2/c1-3-13-31(14-4-1)41-35-21-19-34(44-26-24-30-12-8-10-18-40(30)44)28-38(35)42(32-15-5-2-6-16-32)36-22-20-33(27-37(36)41)43-25-23-29-11-7-9-17-39(29)43/h1-22,27-28H,23-26H2. The molecule has 9 rings (SSSR count). The number of benzene rings is 7. The van der Waals surface area contributed by atoms with Gasteiger partial charge < -0.3 is 9.80 Å². The minimum atomic E-state index is 1.01. The topological polar surface area (TPSA) is 6.48 Å². The summed E-state index contributed by atoms with van der Waals surface area (Å²) >= 11 is 0. The Hall–Kier alpha value is -5.34. The summed E-state index contributed by atoms with van der Waals surface area (Å²) in [5.41, 5.74) is 13.1. The number of nitrogens with zero attached hydrogens (tertiary/aromatic N) is 2. The molecule has 0 fully saturated rings. The second kappa shape index (κ2) is 10.1. The second-order valence-electron chi connectivity index (χ2n) is 12.0. The van der Waals surface area contributed by atoms with Crippen molar-refractivity contribution >= 4 is 44.3 Å². The molecule has 2 heterocycles. The van der Waals surface area contributed by atoms with Crippen LogP contribution >= 0.6 is 0 Å². The lowest BCUT2D eigenvalue weighted by Gasteiger charge is -2.24. The lowest BCUT2D eigenvalue weighted by Crippen LogP contribution is -2.13. The van der Waals surface area contributed by atoms with Gasteiger partial charge in [0, 0.05) is 35.8 Å². The molecular weight excluding hydrogens is 532 g/mol. The molecule has 0 aliphatic carbocycles. The summed E-state index contributed by atoms with van der Waals surface area (Å²) in [5.74, 6) is 0. The SMILES string of the molecule is c1ccc(-c2c3ccc(N4CCc5ccccc54)cc3c(-c3ccccc3)c3ccc(N4CCc5ccccc54)cc23)cc1. The van der Waals surface area contributed by atoms with Crippen LogP contribution in [0.1, 0.15) is 11.1 Å². The highest BCUT2D eigenvalue weighted by atomic mass is 15.2. The molecule has 2 heteroatoms. The Kier molecular flexibility index (Phi) is 5.80. The maximum atomic E-state index is 2.49. The molecule has 0 radical (unpaired) electrons. The van der Waals surface area contributed by atoms with Crippen LogP contribution in [0.4, 0.5) is 22.7 Å². The summed E-state index contributed by atoms with van der Waals surface area (Å²) in [4.78, 5) is 4.98. The maximum Gasteiger partial charge on any atom is 0.0444 e. The van der Waals surface area contributed by atoms with E-state index in [0.717, 1.165) is 25.9 Å². The van der Waals surface area contributed by atoms with Gasteiger partial charge in [-0.3, -0.25) is 0 Å². The van der Waals surface area contributed by atoms with Crippen molar-refractivity contribution in [3.8, 4) is 22.3 Å². The molecule has 2 nitrogen and oxygen atoms in total. The second-order valence-corrected chi connectivity index (χ2v) is 12.0. The highest BCUT2D eigenvalue weighted by molar-refractivity contribution is 6.22. The van der Waals surface area contributed by atoms with Gasteiger partial charge in [-0.15, -0.1) is 0 Å². The minimum absolute atomic E-state index is 1.01. The van der Waals surface area contributed by atoms with Gasteiger partial charge in [0.2, 0.25) is 0 Å². The van der Waals surface area contributed by atoms with Crippen molar-refractivity contribution in [3.63, 3.8) is 0 Å². The van der Waals surface area contributed by atoms with Gasteiger partial charge in [0.25, 0.3) is 0 Å². The lowest BCUT2D eigenvalue weighted by molar-refractivity contribution is 0.999. The van der Waals surface area contributed by atoms with Crippen molar-refractivity contribution in [2.24, 2.45) is 0 Å². The molecule has 7 aromatic rings. The first-order valence-corrected chi connectivity index (χ1v) is 15.7. The molecule has 0 saturated heterocycles. The van der Waals surface area contributed by atoms with E-state index in [1.165, 1.54) is 77.7 Å². The zero-order chi connectivity index (χ0) is 29.0. The molecule has 0 spiro atoms. The highest BCUT2D eigenvalue weighted by Crippen LogP contribution is 2.47. The van der Waals surface area contributed by atoms with Crippen LogP contribution in [0.2, 0.25) is 0 Å². The van der Waals surface area contributed by atoms with Crippen LogP contribution < -0.4 is 9.80 Å². The predicted octanol–water partition coefficient (Wildman–Crippen LogP) is 10.7. The molecule has 0 amide bonds. The van der Waals surface area contributed by atoms with E-state index in [1.807, 2.05) is 0 Å². The summed E-state index contributed by atoms with van der Waals surface area (Å²) in [6.07, 6.45) is 2.16. The molecule has 0 unspecified atom stereocenters. The molecular formula is C42H32N2. The summed E-state index contributed by atoms with van der Waals surface area (Å²) < 4.78 is 0. The first-order chi connectivity index (χ1) is 21.8. The molecule has 0 N–H and O–H groups in total. The third kappa shape index (κ3) is 3.95. The summed E-state index contributed by atoms with van der Waals surface area (Å²) in [6, 6.07) is 53.9. The van der Waals surface area contributed by atoms with Gasteiger partial charge in [0.1, 0.15) is 0 Å². The molecule has 0 aromatic heterocycles. The average Bonchev–Trinajstić information content (AvgIpc) is 3.72. The van der Waals surface area contributed by atoms with E-state index in [-0.39, 0.29) is 0 Å². The highest BCUT2D eigenvalue weighted by Gasteiger charge is 2.24. The van der Waals surface area contributed by atoms with Crippen LogP contribution in [0.5, 0.6) is 0 Å². The van der Waals surface area contributed by atoms with Gasteiger partial charge in [-0.2, -0.15) is 0 Å². The van der Waals surface area contributed by atoms with E-state index < -0.39 is 0 Å². The fourth-order valence-corrected chi connectivity index (χ4v) is 7.58. The fourth-order valence-electron chi connectivity index (χ4n) is 7.58. The van der Waals surface area contributed by atoms with E-state index in [1.54, 1.807) is 0 Å². The Balaban J connectivity index is 1.35. The number of hydrogen-bond donors (Lipinski definition) is 0. The van der Waals surface area contributed by atoms with Crippen molar-refractivity contribution < 1.29 is 0 Å². The number of hydrogen-bond acceptors (Lipinski definition) is 2. The Morgan fingerprint density at radius 3 is 1.23 bits per heavy atom. The number of rotatable bonds is 4. The van der Waals surface area contributed by atoms with E-state index in [0.29, 0.717) is 0 Å². The van der Waals surface area contributed by atoms with Crippen LogP contribution in [-0.2, 0) is 12.8 Å². The van der Waals surface area contributed by atoms with E-state index in [4.69, 9.17) is 0 Å². The number of para-hydroxylation sites is 2. The molecule has 2 aliphatic rings. The molecule has 7 aromatic carbocycles. The molecule has 0 saturated carbocycles. The Morgan fingerprint density at radius 2 is 0.773 bits per heavy atom. The minimum Gasteiger partial charge on any atom is -0.341 e. The normalized spacial score (nSPS) is 13.9. The van der Waals surface area contributed by atoms with E-state index in [2.05, 4.69) is 155 Å². The van der Waals surface area contributed by atoms with Crippen LogP contribution in [0.25, 0.3) is 43.8 Å². The molecule has 44 heavy (non-hydrogen) atoms. The average molecular weight is 565 g/mol. The number of fused-ring (bicyclic) bond motifs is 4. The molecule has 2 aliphatic heterocycles. The van der Waals surface area contributed by atoms with Crippen LogP contribution in [0.15, 0.2) is 146 Å². The van der Waals surface area contributed by atoms with Crippen molar-refractivity contribution in [2.75, 3.05) is 22.9 Å². The summed E-state index contributed by atoms with van der Waals surface area (Å²) in [7, 11) is 0. The van der Waals surface area contributed by atoms with E-state index >= 15 is 0 Å². The van der Waals surface area contributed by atoms with Gasteiger partial charge in [-0.1, -0.05) is 109 Å². The molecule has 0 atom stereocenters. The Labute approximate surface area is 258 Å². The van der Waals surface area contributed by atoms with Crippen molar-refractivity contribution in [1.29, 1.82) is 0 Å². The third-order valence-electron chi connectivity index (χ3n) is 9.61. The van der Waals surface area contributed by atoms with Gasteiger partial charge in [0.05, 0.1) is 0 Å². The van der Waals surface area contributed by atoms with Gasteiger partial charge in [-0.25, -0.2) is 0 Å². The zero-order valence-corrected chi connectivity index (χ0v) is 24.6. The fraction of sp³-hybridized carbons (Fsp3) is 0.0952. The van der Waals surface area contributed by atoms with Crippen LogP contribution in [0.3, 0.4) is 0 Å². The smallest absolute Gasteiger partial charge is 0.0444 e. The van der Waals surface area contributed by atoms with Crippen molar-refractivity contribution in [2.45, 2.75) is 12.8 Å². The third-order valence-corrected chi connectivity index (χ3v) is 9.61. The zero-order valence-electron chi connectivity index (χ0n) is 24.6. The maximum absolute atomic E-state index is 2.49. The lowest BCUT2D eigenvalue weighted by atomic mass is 9.85. The number of anilines is 4. The molecule has 0 bridgehead atoms. The van der Waals surface area contributed by atoms with Gasteiger partial charge in [-0.05, 0) is 104 Å². The predicted molar refractivity (Wildman–Crippen MR) is 187 cm³/mol. The van der Waals surface area contributed by atoms with Crippen LogP contribution in [-0.4, -0.2) is 13.1 Å². The first-order valence-electron chi connectivity index (χ1n) is 15.7. The van der Waals surface area contributed by atoms with Crippen LogP contribution in [0, 0.1) is 0 Å². The van der Waals surface area contributed by atoms with E-state index in [9.17, 15) is 0 Å². The van der Waals surface area contributed by atoms with Crippen molar-refractivity contribution in [3.05, 3.63) is 157 Å². The quantitative estimate of drug-likeness (QED) is 0.196. The van der Waals surface area contributed by atoms with Crippen molar-refractivity contribution in [1.82, 2.24) is 0 Å². The molecule has 210 valence electrons. The Bertz CT molecular complexity index is 2020. The van der Waals surface area contributed by atoms with Gasteiger partial charge in [0.15, 0.2) is 0 Å². The Morgan fingerprint density at radius 1 is 0.364 bits per heavy atom. The first kappa shape index (κ1) is 25.2.